The van der Waals surface area contributed by atoms with Crippen molar-refractivity contribution in [3.05, 3.63) is 39.1 Å². The van der Waals surface area contributed by atoms with Gasteiger partial charge in [0.25, 0.3) is 0 Å². The number of fused-ring (bicyclic) bond motifs is 1. The zero-order valence-electron chi connectivity index (χ0n) is 17.6. The largest absolute Gasteiger partial charge is 0.511 e. The summed E-state index contributed by atoms with van der Waals surface area (Å²) < 4.78 is 5.98. The summed E-state index contributed by atoms with van der Waals surface area (Å²) in [4.78, 5) is 18.2. The molecule has 0 bridgehead atoms. The van der Waals surface area contributed by atoms with Crippen LogP contribution in [0.2, 0.25) is 0 Å². The van der Waals surface area contributed by atoms with Crippen LogP contribution in [-0.4, -0.2) is 29.8 Å². The molecule has 0 aromatic heterocycles. The highest BCUT2D eigenvalue weighted by molar-refractivity contribution is 6.23. The van der Waals surface area contributed by atoms with Crippen molar-refractivity contribution in [3.63, 3.8) is 0 Å². The number of allylic oxidation sites excluding steroid dienone is 2. The third-order valence-electron chi connectivity index (χ3n) is 6.03. The van der Waals surface area contributed by atoms with Crippen molar-refractivity contribution < 1.29 is 19.5 Å². The Morgan fingerprint density at radius 3 is 2.57 bits per heavy atom. The summed E-state index contributed by atoms with van der Waals surface area (Å²) in [7, 11) is 0. The van der Waals surface area contributed by atoms with Gasteiger partial charge in [-0.1, -0.05) is 18.5 Å². The Kier molecular flexibility index (Phi) is 6.11. The molecular weight excluding hydrogens is 354 g/mol. The molecule has 0 spiro atoms. The van der Waals surface area contributed by atoms with Gasteiger partial charge in [0.05, 0.1) is 17.9 Å². The Labute approximate surface area is 167 Å². The van der Waals surface area contributed by atoms with Crippen molar-refractivity contribution in [1.82, 2.24) is 0 Å². The molecule has 0 fully saturated rings. The van der Waals surface area contributed by atoms with E-state index in [1.54, 1.807) is 0 Å². The quantitative estimate of drug-likeness (QED) is 0.553. The van der Waals surface area contributed by atoms with Gasteiger partial charge in [-0.25, -0.2) is 0 Å². The van der Waals surface area contributed by atoms with Gasteiger partial charge in [0, 0.05) is 36.3 Å². The molecule has 1 aromatic rings. The van der Waals surface area contributed by atoms with E-state index >= 15 is 0 Å². The fourth-order valence-corrected chi connectivity index (χ4v) is 4.45. The first-order chi connectivity index (χ1) is 13.4. The van der Waals surface area contributed by atoms with Crippen molar-refractivity contribution in [2.24, 2.45) is 5.16 Å². The lowest BCUT2D eigenvalue weighted by atomic mass is 9.77. The molecule has 3 rings (SSSR count). The molecule has 0 amide bonds. The van der Waals surface area contributed by atoms with Crippen LogP contribution in [0.5, 0.6) is 5.75 Å². The monoisotopic (exact) mass is 385 g/mol. The third-order valence-corrected chi connectivity index (χ3v) is 6.03. The second-order valence-electron chi connectivity index (χ2n) is 7.75. The highest BCUT2D eigenvalue weighted by atomic mass is 16.6. The van der Waals surface area contributed by atoms with Gasteiger partial charge in [0.1, 0.15) is 18.1 Å². The van der Waals surface area contributed by atoms with E-state index in [0.29, 0.717) is 43.8 Å². The Bertz CT molecular complexity index is 851. The summed E-state index contributed by atoms with van der Waals surface area (Å²) in [5, 5.41) is 14.9. The van der Waals surface area contributed by atoms with Crippen molar-refractivity contribution in [3.8, 4) is 5.75 Å². The molecule has 5 heteroatoms. The first-order valence-electron chi connectivity index (χ1n) is 10.3. The molecule has 1 aliphatic heterocycles. The molecule has 0 radical (unpaired) electrons. The smallest absolute Gasteiger partial charge is 0.168 e. The van der Waals surface area contributed by atoms with Crippen LogP contribution < -0.4 is 4.74 Å². The van der Waals surface area contributed by atoms with E-state index in [4.69, 9.17) is 9.57 Å². The average molecular weight is 386 g/mol. The predicted octanol–water partition coefficient (Wildman–Crippen LogP) is 5.00. The average Bonchev–Trinajstić information content (AvgIpc) is 3.13. The van der Waals surface area contributed by atoms with Gasteiger partial charge in [0.15, 0.2) is 5.78 Å². The SMILES string of the molecule is CCCC(=NOCC)C1=C(O)CC(c2c(C)c(C)c(C)c3c2OCC3)CC1=O. The van der Waals surface area contributed by atoms with Gasteiger partial charge in [-0.2, -0.15) is 0 Å². The van der Waals surface area contributed by atoms with Crippen LogP contribution in [0.15, 0.2) is 16.5 Å². The topological polar surface area (TPSA) is 68.1 Å². The summed E-state index contributed by atoms with van der Waals surface area (Å²) in [6.45, 7) is 11.4. The lowest BCUT2D eigenvalue weighted by Crippen LogP contribution is -2.25. The highest BCUT2D eigenvalue weighted by Gasteiger charge is 2.35. The fourth-order valence-electron chi connectivity index (χ4n) is 4.45. The summed E-state index contributed by atoms with van der Waals surface area (Å²) in [5.74, 6) is 0.923. The van der Waals surface area contributed by atoms with Gasteiger partial charge in [0.2, 0.25) is 0 Å². The van der Waals surface area contributed by atoms with Crippen LogP contribution in [0, 0.1) is 20.8 Å². The van der Waals surface area contributed by atoms with E-state index < -0.39 is 0 Å². The zero-order valence-corrected chi connectivity index (χ0v) is 17.6. The highest BCUT2D eigenvalue weighted by Crippen LogP contribution is 2.45. The number of ether oxygens (including phenoxy) is 1. The minimum atomic E-state index is -0.0719. The molecule has 1 aromatic carbocycles. The molecule has 1 aliphatic carbocycles. The van der Waals surface area contributed by atoms with Crippen molar-refractivity contribution in [2.45, 2.75) is 72.6 Å². The molecule has 152 valence electrons. The fraction of sp³-hybridized carbons (Fsp3) is 0.565. The summed E-state index contributed by atoms with van der Waals surface area (Å²) in [6.07, 6.45) is 3.13. The van der Waals surface area contributed by atoms with E-state index in [9.17, 15) is 9.90 Å². The normalized spacial score (nSPS) is 19.7. The Morgan fingerprint density at radius 1 is 1.18 bits per heavy atom. The maximum Gasteiger partial charge on any atom is 0.168 e. The number of carbonyl (C=O) groups is 1. The second-order valence-corrected chi connectivity index (χ2v) is 7.75. The molecule has 2 aliphatic rings. The van der Waals surface area contributed by atoms with Crippen molar-refractivity contribution in [2.75, 3.05) is 13.2 Å². The van der Waals surface area contributed by atoms with Crippen LogP contribution in [-0.2, 0) is 16.1 Å². The molecular formula is C23H31NO4. The van der Waals surface area contributed by atoms with E-state index in [0.717, 1.165) is 24.2 Å². The van der Waals surface area contributed by atoms with Gasteiger partial charge in [-0.05, 0) is 50.8 Å². The van der Waals surface area contributed by atoms with Crippen molar-refractivity contribution in [1.29, 1.82) is 0 Å². The van der Waals surface area contributed by atoms with Crippen molar-refractivity contribution >= 4 is 11.5 Å². The third kappa shape index (κ3) is 3.54. The Hall–Kier alpha value is -2.30. The number of aliphatic hydroxyl groups excluding tert-OH is 1. The maximum atomic E-state index is 13.0. The van der Waals surface area contributed by atoms with Gasteiger partial charge < -0.3 is 14.7 Å². The van der Waals surface area contributed by atoms with Gasteiger partial charge >= 0.3 is 0 Å². The maximum absolute atomic E-state index is 13.0. The minimum absolute atomic E-state index is 0.0648. The summed E-state index contributed by atoms with van der Waals surface area (Å²) in [6, 6.07) is 0. The number of Topliss-reactive ketones (excluding diaryl/α,β-unsaturated/α-hetero) is 1. The number of hydrogen-bond donors (Lipinski definition) is 1. The van der Waals surface area contributed by atoms with E-state index in [2.05, 4.69) is 25.9 Å². The van der Waals surface area contributed by atoms with E-state index in [1.165, 1.54) is 22.3 Å². The van der Waals surface area contributed by atoms with Crippen LogP contribution in [0.25, 0.3) is 0 Å². The number of aliphatic hydroxyl groups is 1. The van der Waals surface area contributed by atoms with Crippen LogP contribution in [0.3, 0.4) is 0 Å². The summed E-state index contributed by atoms with van der Waals surface area (Å²) >= 11 is 0. The van der Waals surface area contributed by atoms with Crippen LogP contribution >= 0.6 is 0 Å². The first-order valence-corrected chi connectivity index (χ1v) is 10.3. The van der Waals surface area contributed by atoms with Gasteiger partial charge in [-0.15, -0.1) is 0 Å². The van der Waals surface area contributed by atoms with Crippen LogP contribution in [0.4, 0.5) is 0 Å². The molecule has 5 nitrogen and oxygen atoms in total. The molecule has 1 atom stereocenters. The molecule has 1 unspecified atom stereocenters. The summed E-state index contributed by atoms with van der Waals surface area (Å²) in [5.41, 5.74) is 6.96. The number of rotatable bonds is 6. The predicted molar refractivity (Wildman–Crippen MR) is 110 cm³/mol. The number of oxime groups is 1. The molecule has 0 saturated carbocycles. The minimum Gasteiger partial charge on any atom is -0.511 e. The Morgan fingerprint density at radius 2 is 1.93 bits per heavy atom. The zero-order chi connectivity index (χ0) is 20.4. The Balaban J connectivity index is 2.02. The van der Waals surface area contributed by atoms with Crippen LogP contribution in [0.1, 0.15) is 73.3 Å². The number of benzene rings is 1. The van der Waals surface area contributed by atoms with Gasteiger partial charge in [-0.3, -0.25) is 4.79 Å². The van der Waals surface area contributed by atoms with E-state index in [1.807, 2.05) is 13.8 Å². The van der Waals surface area contributed by atoms with E-state index in [-0.39, 0.29) is 17.5 Å². The molecule has 1 heterocycles. The molecule has 28 heavy (non-hydrogen) atoms. The standard InChI is InChI=1S/C23H31NO4/c1-6-8-18(24-28-7-2)22-19(25)11-16(12-20(22)26)21-15(5)13(3)14(4)17-9-10-27-23(17)21/h16,25H,6-12H2,1-5H3. The number of nitrogens with zero attached hydrogens (tertiary/aromatic N) is 1. The second kappa shape index (κ2) is 8.38. The number of ketones is 1. The first kappa shape index (κ1) is 20.4. The lowest BCUT2D eigenvalue weighted by Gasteiger charge is -2.28. The molecule has 1 N–H and O–H groups in total. The number of carbonyl (C=O) groups excluding carboxylic acids is 1. The number of hydrogen-bond acceptors (Lipinski definition) is 5. The molecule has 0 saturated heterocycles. The lowest BCUT2D eigenvalue weighted by molar-refractivity contribution is -0.116.